The van der Waals surface area contributed by atoms with Gasteiger partial charge in [0.05, 0.1) is 6.10 Å². The van der Waals surface area contributed by atoms with Gasteiger partial charge in [0.1, 0.15) is 6.23 Å². The summed E-state index contributed by atoms with van der Waals surface area (Å²) >= 11 is 4.14. The maximum atomic E-state index is 11.4. The van der Waals surface area contributed by atoms with Crippen molar-refractivity contribution in [3.05, 3.63) is 33.1 Å². The van der Waals surface area contributed by atoms with E-state index in [2.05, 4.69) is 17.6 Å². The van der Waals surface area contributed by atoms with Gasteiger partial charge in [0.25, 0.3) is 5.56 Å². The van der Waals surface area contributed by atoms with Gasteiger partial charge in [0.15, 0.2) is 0 Å². The molecule has 0 spiro atoms. The summed E-state index contributed by atoms with van der Waals surface area (Å²) in [5.74, 6) is 0.647. The number of rotatable bonds is 2. The summed E-state index contributed by atoms with van der Waals surface area (Å²) in [6.45, 7) is 0. The molecule has 0 aromatic carbocycles. The first-order valence-corrected chi connectivity index (χ1v) is 5.42. The van der Waals surface area contributed by atoms with Gasteiger partial charge in [0.2, 0.25) is 0 Å². The van der Waals surface area contributed by atoms with E-state index in [1.54, 1.807) is 0 Å². The highest BCUT2D eigenvalue weighted by atomic mass is 32.1. The standard InChI is InChI=1S/C9H12N2O3S/c12-7-3-4-11(9(13)10-7)8-2-1-6(5-15)14-8/h3-4,6,8,15H,1-2,5H2,(H,10,12,13)/t6?,8-/m1/s1. The van der Waals surface area contributed by atoms with Crippen molar-refractivity contribution >= 4 is 12.6 Å². The number of hydrogen-bond donors (Lipinski definition) is 2. The molecule has 15 heavy (non-hydrogen) atoms. The predicted molar refractivity (Wildman–Crippen MR) is 58.3 cm³/mol. The molecule has 82 valence electrons. The Balaban J connectivity index is 2.24. The highest BCUT2D eigenvalue weighted by Gasteiger charge is 2.25. The van der Waals surface area contributed by atoms with Crippen molar-refractivity contribution in [2.24, 2.45) is 0 Å². The van der Waals surface area contributed by atoms with E-state index in [1.807, 2.05) is 0 Å². The molecule has 1 aliphatic rings. The average Bonchev–Trinajstić information content (AvgIpc) is 2.66. The van der Waals surface area contributed by atoms with Crippen LogP contribution in [0.4, 0.5) is 0 Å². The number of ether oxygens (including phenoxy) is 1. The van der Waals surface area contributed by atoms with Crippen LogP contribution >= 0.6 is 12.6 Å². The molecular formula is C9H12N2O3S. The van der Waals surface area contributed by atoms with E-state index in [1.165, 1.54) is 16.8 Å². The van der Waals surface area contributed by atoms with Crippen molar-refractivity contribution in [3.8, 4) is 0 Å². The lowest BCUT2D eigenvalue weighted by Crippen LogP contribution is -2.31. The Hall–Kier alpha value is -1.01. The molecule has 6 heteroatoms. The fourth-order valence-corrected chi connectivity index (χ4v) is 1.95. The van der Waals surface area contributed by atoms with Crippen molar-refractivity contribution in [3.63, 3.8) is 0 Å². The van der Waals surface area contributed by atoms with Gasteiger partial charge in [-0.3, -0.25) is 14.3 Å². The molecule has 1 unspecified atom stereocenters. The lowest BCUT2D eigenvalue weighted by molar-refractivity contribution is 0.0102. The largest absolute Gasteiger partial charge is 0.354 e. The fraction of sp³-hybridized carbons (Fsp3) is 0.556. The Morgan fingerprint density at radius 1 is 1.53 bits per heavy atom. The molecule has 1 aromatic rings. The van der Waals surface area contributed by atoms with Crippen LogP contribution in [0.2, 0.25) is 0 Å². The summed E-state index contributed by atoms with van der Waals surface area (Å²) < 4.78 is 6.99. The van der Waals surface area contributed by atoms with Gasteiger partial charge in [-0.1, -0.05) is 0 Å². The van der Waals surface area contributed by atoms with Crippen LogP contribution in [0.5, 0.6) is 0 Å². The second kappa shape index (κ2) is 4.24. The Morgan fingerprint density at radius 3 is 2.93 bits per heavy atom. The van der Waals surface area contributed by atoms with Crippen LogP contribution in [0.1, 0.15) is 19.1 Å². The van der Waals surface area contributed by atoms with E-state index in [-0.39, 0.29) is 17.9 Å². The molecule has 2 rings (SSSR count). The first-order chi connectivity index (χ1) is 7.20. The van der Waals surface area contributed by atoms with Gasteiger partial charge >= 0.3 is 5.69 Å². The van der Waals surface area contributed by atoms with Crippen molar-refractivity contribution in [2.45, 2.75) is 25.2 Å². The zero-order valence-corrected chi connectivity index (χ0v) is 8.94. The van der Waals surface area contributed by atoms with Crippen molar-refractivity contribution in [1.82, 2.24) is 9.55 Å². The number of H-pyrrole nitrogens is 1. The predicted octanol–water partition coefficient (Wildman–Crippen LogP) is 0.144. The number of aromatic nitrogens is 2. The Labute approximate surface area is 91.5 Å². The van der Waals surface area contributed by atoms with E-state index in [0.717, 1.165) is 12.8 Å². The molecule has 2 atom stereocenters. The van der Waals surface area contributed by atoms with Crippen molar-refractivity contribution < 1.29 is 4.74 Å². The third kappa shape index (κ3) is 2.15. The second-order valence-corrected chi connectivity index (χ2v) is 3.86. The fourth-order valence-electron chi connectivity index (χ4n) is 1.68. The molecule has 5 nitrogen and oxygen atoms in total. The van der Waals surface area contributed by atoms with E-state index in [4.69, 9.17) is 4.74 Å². The number of thiol groups is 1. The molecule has 0 radical (unpaired) electrons. The summed E-state index contributed by atoms with van der Waals surface area (Å²) in [5.41, 5.74) is -0.813. The number of nitrogens with zero attached hydrogens (tertiary/aromatic N) is 1. The molecule has 0 amide bonds. The summed E-state index contributed by atoms with van der Waals surface area (Å²) in [6.07, 6.45) is 2.95. The van der Waals surface area contributed by atoms with Crippen LogP contribution in [-0.2, 0) is 4.74 Å². The van der Waals surface area contributed by atoms with Gasteiger partial charge in [-0.2, -0.15) is 12.6 Å². The van der Waals surface area contributed by atoms with E-state index in [0.29, 0.717) is 5.75 Å². The van der Waals surface area contributed by atoms with E-state index < -0.39 is 5.69 Å². The minimum absolute atomic E-state index is 0.0946. The van der Waals surface area contributed by atoms with Crippen LogP contribution in [0, 0.1) is 0 Å². The smallest absolute Gasteiger partial charge is 0.330 e. The van der Waals surface area contributed by atoms with E-state index in [9.17, 15) is 9.59 Å². The van der Waals surface area contributed by atoms with Crippen LogP contribution < -0.4 is 11.2 Å². The number of nitrogens with one attached hydrogen (secondary N) is 1. The third-order valence-electron chi connectivity index (χ3n) is 2.45. The summed E-state index contributed by atoms with van der Waals surface area (Å²) in [6, 6.07) is 1.32. The molecule has 1 aromatic heterocycles. The first-order valence-electron chi connectivity index (χ1n) is 4.78. The van der Waals surface area contributed by atoms with Crippen LogP contribution in [-0.4, -0.2) is 21.4 Å². The summed E-state index contributed by atoms with van der Waals surface area (Å²) in [7, 11) is 0. The topological polar surface area (TPSA) is 64.1 Å². The molecule has 2 heterocycles. The van der Waals surface area contributed by atoms with Crippen LogP contribution in [0.3, 0.4) is 0 Å². The molecule has 1 fully saturated rings. The highest BCUT2D eigenvalue weighted by molar-refractivity contribution is 7.80. The highest BCUT2D eigenvalue weighted by Crippen LogP contribution is 2.27. The van der Waals surface area contributed by atoms with Gasteiger partial charge < -0.3 is 4.74 Å². The average molecular weight is 228 g/mol. The maximum absolute atomic E-state index is 11.4. The number of aromatic amines is 1. The second-order valence-electron chi connectivity index (χ2n) is 3.49. The SMILES string of the molecule is O=c1ccn([C@H]2CCC(CS)O2)c(=O)[nH]1. The molecule has 1 saturated heterocycles. The van der Waals surface area contributed by atoms with Gasteiger partial charge in [0, 0.05) is 18.0 Å². The lowest BCUT2D eigenvalue weighted by Gasteiger charge is -2.13. The normalized spacial score (nSPS) is 25.7. The Kier molecular flexibility index (Phi) is 2.97. The van der Waals surface area contributed by atoms with Gasteiger partial charge in [-0.25, -0.2) is 4.79 Å². The van der Waals surface area contributed by atoms with Gasteiger partial charge in [-0.05, 0) is 12.8 Å². The maximum Gasteiger partial charge on any atom is 0.330 e. The zero-order chi connectivity index (χ0) is 10.8. The van der Waals surface area contributed by atoms with Crippen LogP contribution in [0.25, 0.3) is 0 Å². The number of hydrogen-bond acceptors (Lipinski definition) is 4. The minimum Gasteiger partial charge on any atom is -0.354 e. The van der Waals surface area contributed by atoms with E-state index >= 15 is 0 Å². The minimum atomic E-state index is -0.424. The first kappa shape index (κ1) is 10.5. The molecule has 1 N–H and O–H groups in total. The van der Waals surface area contributed by atoms with Crippen LogP contribution in [0.15, 0.2) is 21.9 Å². The molecular weight excluding hydrogens is 216 g/mol. The van der Waals surface area contributed by atoms with Crippen molar-refractivity contribution in [1.29, 1.82) is 0 Å². The third-order valence-corrected chi connectivity index (χ3v) is 2.86. The summed E-state index contributed by atoms with van der Waals surface area (Å²) in [4.78, 5) is 24.5. The Morgan fingerprint density at radius 2 is 2.33 bits per heavy atom. The quantitative estimate of drug-likeness (QED) is 0.708. The molecule has 1 aliphatic heterocycles. The summed E-state index contributed by atoms with van der Waals surface area (Å²) in [5, 5.41) is 0. The Bertz CT molecular complexity index is 453. The molecule has 0 aliphatic carbocycles. The lowest BCUT2D eigenvalue weighted by atomic mass is 10.2. The monoisotopic (exact) mass is 228 g/mol. The molecule has 0 saturated carbocycles. The zero-order valence-electron chi connectivity index (χ0n) is 8.05. The van der Waals surface area contributed by atoms with Crippen molar-refractivity contribution in [2.75, 3.05) is 5.75 Å². The molecule has 0 bridgehead atoms. The van der Waals surface area contributed by atoms with Gasteiger partial charge in [-0.15, -0.1) is 0 Å².